The van der Waals surface area contributed by atoms with Gasteiger partial charge in [0.2, 0.25) is 11.8 Å². The fourth-order valence-electron chi connectivity index (χ4n) is 6.29. The Morgan fingerprint density at radius 2 is 2.00 bits per heavy atom. The largest absolute Gasteiger partial charge is 0.348 e. The number of piperidine rings is 3. The lowest BCUT2D eigenvalue weighted by molar-refractivity contribution is -0.160. The van der Waals surface area contributed by atoms with Gasteiger partial charge in [0.1, 0.15) is 6.04 Å². The minimum absolute atomic E-state index is 0.00955. The lowest BCUT2D eigenvalue weighted by Gasteiger charge is -2.56. The average Bonchev–Trinajstić information content (AvgIpc) is 3.34. The summed E-state index contributed by atoms with van der Waals surface area (Å²) in [6.45, 7) is 5.91. The third kappa shape index (κ3) is 4.69. The lowest BCUT2D eigenvalue weighted by atomic mass is 9.71. The third-order valence-electron chi connectivity index (χ3n) is 7.79. The number of likely N-dealkylation sites (tertiary alicyclic amines) is 1. The van der Waals surface area contributed by atoms with Gasteiger partial charge in [0.05, 0.1) is 12.4 Å². The number of imidazole rings is 1. The number of fused-ring (bicyclic) bond motifs is 4. The molecule has 1 N–H and O–H groups in total. The van der Waals surface area contributed by atoms with Gasteiger partial charge >= 0.3 is 0 Å². The molecule has 1 aromatic heterocycles. The molecule has 7 heteroatoms. The SMILES string of the molecule is C[C@@H](NC(=O)[C@H]1[C@@H]2C[C@@H](CN(CCCn3ccnc3)C2)[C@@H]2CCCC(=O)N21)c1ccccc1. The standard InChI is InChI=1S/C26H35N5O2/c1-19(20-7-3-2-4-8-20)28-26(33)25-22-15-21(23-9-5-10-24(32)31(23)25)16-30(17-22)13-6-12-29-14-11-27-18-29/h2-4,7-8,11,14,18-19,21-23,25H,5-6,9-10,12-13,15-17H2,1H3,(H,28,33)/t19-,21+,22-,23+,25-/m1/s1. The Bertz CT molecular complexity index is 947. The maximum atomic E-state index is 13.6. The summed E-state index contributed by atoms with van der Waals surface area (Å²) in [5, 5.41) is 3.24. The van der Waals surface area contributed by atoms with E-state index in [0.29, 0.717) is 12.3 Å². The molecule has 3 aliphatic heterocycles. The van der Waals surface area contributed by atoms with Crippen LogP contribution in [0.1, 0.15) is 50.6 Å². The number of rotatable bonds is 7. The van der Waals surface area contributed by atoms with Crippen LogP contribution in [0.5, 0.6) is 0 Å². The normalized spacial score (nSPS) is 28.3. The van der Waals surface area contributed by atoms with Crippen molar-refractivity contribution in [3.8, 4) is 0 Å². The van der Waals surface area contributed by atoms with Crippen LogP contribution in [0.2, 0.25) is 0 Å². The molecule has 3 fully saturated rings. The quantitative estimate of drug-likeness (QED) is 0.706. The highest BCUT2D eigenvalue weighted by molar-refractivity contribution is 5.89. The number of carbonyl (C=O) groups is 2. The van der Waals surface area contributed by atoms with E-state index in [1.165, 1.54) is 0 Å². The predicted octanol–water partition coefficient (Wildman–Crippen LogP) is 2.85. The summed E-state index contributed by atoms with van der Waals surface area (Å²) in [5.41, 5.74) is 1.09. The Balaban J connectivity index is 1.30. The van der Waals surface area contributed by atoms with Gasteiger partial charge in [-0.3, -0.25) is 9.59 Å². The first-order chi connectivity index (χ1) is 16.1. The number of hydrogen-bond acceptors (Lipinski definition) is 4. The zero-order valence-corrected chi connectivity index (χ0v) is 19.5. The Morgan fingerprint density at radius 1 is 1.18 bits per heavy atom. The number of benzene rings is 1. The first-order valence-electron chi connectivity index (χ1n) is 12.4. The minimum atomic E-state index is -0.360. The maximum absolute atomic E-state index is 13.6. The first-order valence-corrected chi connectivity index (χ1v) is 12.4. The molecule has 2 aromatic rings. The van der Waals surface area contributed by atoms with Crippen LogP contribution in [-0.2, 0) is 16.1 Å². The summed E-state index contributed by atoms with van der Waals surface area (Å²) < 4.78 is 2.12. The highest BCUT2D eigenvalue weighted by atomic mass is 16.2. The van der Waals surface area contributed by atoms with Gasteiger partial charge in [0.25, 0.3) is 0 Å². The van der Waals surface area contributed by atoms with Crippen molar-refractivity contribution in [2.75, 3.05) is 19.6 Å². The van der Waals surface area contributed by atoms with Crippen LogP contribution in [0.3, 0.4) is 0 Å². The van der Waals surface area contributed by atoms with E-state index in [4.69, 9.17) is 0 Å². The molecule has 4 heterocycles. The van der Waals surface area contributed by atoms with Gasteiger partial charge in [0.15, 0.2) is 0 Å². The van der Waals surface area contributed by atoms with Gasteiger partial charge in [-0.1, -0.05) is 30.3 Å². The molecule has 0 unspecified atom stereocenters. The summed E-state index contributed by atoms with van der Waals surface area (Å²) in [4.78, 5) is 35.3. The van der Waals surface area contributed by atoms with E-state index < -0.39 is 0 Å². The molecule has 0 radical (unpaired) electrons. The smallest absolute Gasteiger partial charge is 0.243 e. The monoisotopic (exact) mass is 449 g/mol. The number of nitrogens with zero attached hydrogens (tertiary/aromatic N) is 4. The number of hydrogen-bond donors (Lipinski definition) is 1. The summed E-state index contributed by atoms with van der Waals surface area (Å²) >= 11 is 0. The molecule has 0 saturated carbocycles. The van der Waals surface area contributed by atoms with Crippen molar-refractivity contribution in [3.63, 3.8) is 0 Å². The van der Waals surface area contributed by atoms with E-state index in [2.05, 4.69) is 19.8 Å². The van der Waals surface area contributed by atoms with Crippen molar-refractivity contribution in [2.45, 2.75) is 63.7 Å². The first kappa shape index (κ1) is 22.1. The molecular formula is C26H35N5O2. The highest BCUT2D eigenvalue weighted by Gasteiger charge is 2.51. The molecule has 3 aliphatic rings. The summed E-state index contributed by atoms with van der Waals surface area (Å²) in [6.07, 6.45) is 10.3. The maximum Gasteiger partial charge on any atom is 0.243 e. The molecule has 7 nitrogen and oxygen atoms in total. The van der Waals surface area contributed by atoms with Crippen LogP contribution in [0.4, 0.5) is 0 Å². The van der Waals surface area contributed by atoms with Crippen molar-refractivity contribution in [1.29, 1.82) is 0 Å². The van der Waals surface area contributed by atoms with E-state index in [-0.39, 0.29) is 35.9 Å². The average molecular weight is 450 g/mol. The number of aryl methyl sites for hydroxylation is 1. The molecule has 33 heavy (non-hydrogen) atoms. The summed E-state index contributed by atoms with van der Waals surface area (Å²) in [5.74, 6) is 0.840. The molecule has 2 bridgehead atoms. The minimum Gasteiger partial charge on any atom is -0.348 e. The molecule has 5 rings (SSSR count). The molecular weight excluding hydrogens is 414 g/mol. The topological polar surface area (TPSA) is 70.5 Å². The van der Waals surface area contributed by atoms with Crippen LogP contribution < -0.4 is 5.32 Å². The van der Waals surface area contributed by atoms with Crippen molar-refractivity contribution in [2.24, 2.45) is 11.8 Å². The zero-order chi connectivity index (χ0) is 22.8. The second-order valence-corrected chi connectivity index (χ2v) is 10.0. The van der Waals surface area contributed by atoms with E-state index >= 15 is 0 Å². The van der Waals surface area contributed by atoms with Crippen molar-refractivity contribution < 1.29 is 9.59 Å². The van der Waals surface area contributed by atoms with Gasteiger partial charge in [-0.2, -0.15) is 0 Å². The number of aromatic nitrogens is 2. The lowest BCUT2D eigenvalue weighted by Crippen LogP contribution is -2.68. The third-order valence-corrected chi connectivity index (χ3v) is 7.79. The van der Waals surface area contributed by atoms with E-state index in [1.807, 2.05) is 60.9 Å². The van der Waals surface area contributed by atoms with Crippen LogP contribution >= 0.6 is 0 Å². The Labute approximate surface area is 196 Å². The van der Waals surface area contributed by atoms with Crippen LogP contribution in [0, 0.1) is 11.8 Å². The molecule has 2 amide bonds. The predicted molar refractivity (Wildman–Crippen MR) is 126 cm³/mol. The van der Waals surface area contributed by atoms with Gasteiger partial charge in [-0.15, -0.1) is 0 Å². The Hall–Kier alpha value is -2.67. The van der Waals surface area contributed by atoms with E-state index in [9.17, 15) is 9.59 Å². The Kier molecular flexibility index (Phi) is 6.49. The number of amides is 2. The molecule has 176 valence electrons. The molecule has 0 aliphatic carbocycles. The van der Waals surface area contributed by atoms with Crippen molar-refractivity contribution in [1.82, 2.24) is 24.7 Å². The van der Waals surface area contributed by atoms with Gasteiger partial charge in [-0.25, -0.2) is 4.98 Å². The highest BCUT2D eigenvalue weighted by Crippen LogP contribution is 2.41. The number of carbonyl (C=O) groups excluding carboxylic acids is 2. The molecule has 5 atom stereocenters. The second-order valence-electron chi connectivity index (χ2n) is 10.0. The van der Waals surface area contributed by atoms with E-state index in [1.54, 1.807) is 0 Å². The Morgan fingerprint density at radius 3 is 2.79 bits per heavy atom. The fraction of sp³-hybridized carbons (Fsp3) is 0.577. The summed E-state index contributed by atoms with van der Waals surface area (Å²) in [7, 11) is 0. The van der Waals surface area contributed by atoms with Gasteiger partial charge in [-0.05, 0) is 50.6 Å². The van der Waals surface area contributed by atoms with Crippen LogP contribution in [0.25, 0.3) is 0 Å². The van der Waals surface area contributed by atoms with E-state index in [0.717, 1.165) is 57.4 Å². The molecule has 1 aromatic carbocycles. The van der Waals surface area contributed by atoms with Crippen LogP contribution in [0.15, 0.2) is 49.1 Å². The molecule has 3 saturated heterocycles. The van der Waals surface area contributed by atoms with Gasteiger partial charge < -0.3 is 19.7 Å². The second kappa shape index (κ2) is 9.67. The molecule has 0 spiro atoms. The van der Waals surface area contributed by atoms with Crippen LogP contribution in [-0.4, -0.2) is 62.9 Å². The fourth-order valence-corrected chi connectivity index (χ4v) is 6.29. The van der Waals surface area contributed by atoms with Crippen molar-refractivity contribution in [3.05, 3.63) is 54.6 Å². The van der Waals surface area contributed by atoms with Crippen molar-refractivity contribution >= 4 is 11.8 Å². The summed E-state index contributed by atoms with van der Waals surface area (Å²) in [6, 6.07) is 9.82. The van der Waals surface area contributed by atoms with Gasteiger partial charge in [0, 0.05) is 50.4 Å². The number of nitrogens with one attached hydrogen (secondary N) is 1. The zero-order valence-electron chi connectivity index (χ0n) is 19.5.